The Morgan fingerprint density at radius 2 is 2.06 bits per heavy atom. The molecule has 0 saturated heterocycles. The second-order valence-corrected chi connectivity index (χ2v) is 3.27. The lowest BCUT2D eigenvalue weighted by Gasteiger charge is -2.06. The third kappa shape index (κ3) is 2.25. The Hall–Kier alpha value is -1.76. The quantitative estimate of drug-likeness (QED) is 0.378. The maximum Gasteiger partial charge on any atom is 0.344 e. The van der Waals surface area contributed by atoms with Crippen molar-refractivity contribution in [2.45, 2.75) is 4.90 Å². The number of thiol groups is 1. The number of benzene rings is 1. The maximum absolute atomic E-state index is 11.3. The molecule has 86 valence electrons. The first kappa shape index (κ1) is 12.3. The average Bonchev–Trinajstić information content (AvgIpc) is 2.27. The van der Waals surface area contributed by atoms with E-state index in [1.54, 1.807) is 0 Å². The van der Waals surface area contributed by atoms with Gasteiger partial charge in [0.2, 0.25) is 0 Å². The summed E-state index contributed by atoms with van der Waals surface area (Å²) in [5, 5.41) is 10.7. The molecule has 0 fully saturated rings. The second-order valence-electron chi connectivity index (χ2n) is 2.79. The number of ether oxygens (including phenoxy) is 2. The lowest BCUT2D eigenvalue weighted by molar-refractivity contribution is -0.385. The van der Waals surface area contributed by atoms with Crippen molar-refractivity contribution in [3.8, 4) is 5.75 Å². The van der Waals surface area contributed by atoms with Crippen molar-refractivity contribution in [3.05, 3.63) is 27.8 Å². The largest absolute Gasteiger partial charge is 0.495 e. The van der Waals surface area contributed by atoms with Gasteiger partial charge in [0.1, 0.15) is 11.3 Å². The second kappa shape index (κ2) is 4.84. The normalized spacial score (nSPS) is 9.69. The van der Waals surface area contributed by atoms with Crippen LogP contribution in [0.15, 0.2) is 17.0 Å². The Morgan fingerprint density at radius 3 is 2.50 bits per heavy atom. The standard InChI is InChI=1S/C9H9NO5S/c1-14-7-4-6(10(12)13)5(3-8(7)16)9(11)15-2/h3-4,16H,1-2H3. The molecule has 0 bridgehead atoms. The molecule has 0 spiro atoms. The summed E-state index contributed by atoms with van der Waals surface area (Å²) in [6.07, 6.45) is 0. The Labute approximate surface area is 96.7 Å². The van der Waals surface area contributed by atoms with Crippen molar-refractivity contribution in [1.29, 1.82) is 0 Å². The predicted octanol–water partition coefficient (Wildman–Crippen LogP) is 1.68. The summed E-state index contributed by atoms with van der Waals surface area (Å²) in [6.45, 7) is 0. The summed E-state index contributed by atoms with van der Waals surface area (Å²) in [4.78, 5) is 21.7. The molecule has 1 aromatic rings. The lowest BCUT2D eigenvalue weighted by atomic mass is 10.1. The predicted molar refractivity (Wildman–Crippen MR) is 58.2 cm³/mol. The van der Waals surface area contributed by atoms with Gasteiger partial charge in [0, 0.05) is 4.90 Å². The monoisotopic (exact) mass is 243 g/mol. The van der Waals surface area contributed by atoms with Crippen molar-refractivity contribution >= 4 is 24.3 Å². The summed E-state index contributed by atoms with van der Waals surface area (Å²) < 4.78 is 9.31. The van der Waals surface area contributed by atoms with E-state index in [-0.39, 0.29) is 17.0 Å². The van der Waals surface area contributed by atoms with Crippen molar-refractivity contribution < 1.29 is 19.2 Å². The van der Waals surface area contributed by atoms with Crippen LogP contribution in [0.1, 0.15) is 10.4 Å². The number of methoxy groups -OCH3 is 2. The number of nitro groups is 1. The molecule has 1 aromatic carbocycles. The van der Waals surface area contributed by atoms with E-state index in [4.69, 9.17) is 4.74 Å². The Kier molecular flexibility index (Phi) is 3.73. The summed E-state index contributed by atoms with van der Waals surface area (Å²) >= 11 is 4.04. The smallest absolute Gasteiger partial charge is 0.344 e. The lowest BCUT2D eigenvalue weighted by Crippen LogP contribution is -2.06. The van der Waals surface area contributed by atoms with Gasteiger partial charge < -0.3 is 9.47 Å². The van der Waals surface area contributed by atoms with E-state index in [9.17, 15) is 14.9 Å². The Bertz CT molecular complexity index is 446. The van der Waals surface area contributed by atoms with Crippen molar-refractivity contribution in [3.63, 3.8) is 0 Å². The van der Waals surface area contributed by atoms with Gasteiger partial charge in [-0.2, -0.15) is 0 Å². The zero-order valence-electron chi connectivity index (χ0n) is 8.59. The van der Waals surface area contributed by atoms with Crippen LogP contribution >= 0.6 is 12.6 Å². The first-order valence-corrected chi connectivity index (χ1v) is 4.59. The van der Waals surface area contributed by atoms with Crippen LogP contribution in [0, 0.1) is 10.1 Å². The van der Waals surface area contributed by atoms with Crippen LogP contribution in [-0.4, -0.2) is 25.1 Å². The van der Waals surface area contributed by atoms with Crippen LogP contribution in [0.25, 0.3) is 0 Å². The molecular weight excluding hydrogens is 234 g/mol. The fourth-order valence-electron chi connectivity index (χ4n) is 1.15. The number of nitro benzene ring substituents is 1. The molecule has 0 aliphatic rings. The molecule has 1 rings (SSSR count). The fraction of sp³-hybridized carbons (Fsp3) is 0.222. The van der Waals surface area contributed by atoms with Crippen molar-refractivity contribution in [2.24, 2.45) is 0 Å². The molecule has 0 atom stereocenters. The molecule has 0 unspecified atom stereocenters. The van der Waals surface area contributed by atoms with Crippen molar-refractivity contribution in [2.75, 3.05) is 14.2 Å². The van der Waals surface area contributed by atoms with Crippen molar-refractivity contribution in [1.82, 2.24) is 0 Å². The van der Waals surface area contributed by atoms with Gasteiger partial charge in [-0.25, -0.2) is 4.79 Å². The third-order valence-electron chi connectivity index (χ3n) is 1.90. The van der Waals surface area contributed by atoms with Gasteiger partial charge in [-0.1, -0.05) is 0 Å². The average molecular weight is 243 g/mol. The molecule has 0 amide bonds. The highest BCUT2D eigenvalue weighted by molar-refractivity contribution is 7.80. The van der Waals surface area contributed by atoms with Crippen LogP contribution in [0.5, 0.6) is 5.75 Å². The molecule has 0 radical (unpaired) electrons. The molecule has 7 heteroatoms. The molecule has 16 heavy (non-hydrogen) atoms. The van der Waals surface area contributed by atoms with Gasteiger partial charge in [0.15, 0.2) is 0 Å². The zero-order chi connectivity index (χ0) is 12.3. The van der Waals surface area contributed by atoms with Gasteiger partial charge in [-0.3, -0.25) is 10.1 Å². The van der Waals surface area contributed by atoms with E-state index in [1.807, 2.05) is 0 Å². The summed E-state index contributed by atoms with van der Waals surface area (Å²) in [5.74, 6) is -0.563. The van der Waals surface area contributed by atoms with Crippen LogP contribution < -0.4 is 4.74 Å². The SMILES string of the molecule is COC(=O)c1cc(S)c(OC)cc1[N+](=O)[O-]. The van der Waals surface area contributed by atoms with Gasteiger partial charge in [0.25, 0.3) is 5.69 Å². The molecular formula is C9H9NO5S. The number of carbonyl (C=O) groups excluding carboxylic acids is 1. The van der Waals surface area contributed by atoms with E-state index in [0.717, 1.165) is 13.2 Å². The van der Waals surface area contributed by atoms with Crippen LogP contribution in [0.2, 0.25) is 0 Å². The van der Waals surface area contributed by atoms with Crippen LogP contribution in [0.4, 0.5) is 5.69 Å². The van der Waals surface area contributed by atoms with Crippen LogP contribution in [-0.2, 0) is 4.74 Å². The molecule has 6 nitrogen and oxygen atoms in total. The fourth-order valence-corrected chi connectivity index (χ4v) is 1.43. The van der Waals surface area contributed by atoms with E-state index >= 15 is 0 Å². The van der Waals surface area contributed by atoms with E-state index in [2.05, 4.69) is 17.4 Å². The molecule has 0 aliphatic heterocycles. The van der Waals surface area contributed by atoms with Gasteiger partial charge in [-0.15, -0.1) is 12.6 Å². The summed E-state index contributed by atoms with van der Waals surface area (Å²) in [7, 11) is 2.51. The summed E-state index contributed by atoms with van der Waals surface area (Å²) in [6, 6.07) is 2.38. The van der Waals surface area contributed by atoms with Gasteiger partial charge in [0.05, 0.1) is 25.2 Å². The number of rotatable bonds is 3. The minimum atomic E-state index is -0.787. The number of carbonyl (C=O) groups is 1. The zero-order valence-corrected chi connectivity index (χ0v) is 9.48. The highest BCUT2D eigenvalue weighted by Crippen LogP contribution is 2.31. The first-order chi connectivity index (χ1) is 7.51. The number of hydrogen-bond acceptors (Lipinski definition) is 6. The number of hydrogen-bond donors (Lipinski definition) is 1. The Morgan fingerprint density at radius 1 is 1.44 bits per heavy atom. The van der Waals surface area contributed by atoms with E-state index < -0.39 is 10.9 Å². The molecule has 0 heterocycles. The first-order valence-electron chi connectivity index (χ1n) is 4.15. The highest BCUT2D eigenvalue weighted by Gasteiger charge is 2.23. The molecule has 0 aliphatic carbocycles. The number of nitrogens with zero attached hydrogens (tertiary/aromatic N) is 1. The van der Waals surface area contributed by atoms with Gasteiger partial charge >= 0.3 is 5.97 Å². The van der Waals surface area contributed by atoms with E-state index in [0.29, 0.717) is 4.90 Å². The van der Waals surface area contributed by atoms with E-state index in [1.165, 1.54) is 13.2 Å². The van der Waals surface area contributed by atoms with Crippen LogP contribution in [0.3, 0.4) is 0 Å². The Balaban J connectivity index is 3.42. The minimum absolute atomic E-state index is 0.154. The molecule has 0 N–H and O–H groups in total. The topological polar surface area (TPSA) is 78.7 Å². The number of esters is 1. The minimum Gasteiger partial charge on any atom is -0.495 e. The van der Waals surface area contributed by atoms with Gasteiger partial charge in [-0.05, 0) is 6.07 Å². The third-order valence-corrected chi connectivity index (χ3v) is 2.25. The molecule has 0 aromatic heterocycles. The maximum atomic E-state index is 11.3. The summed E-state index contributed by atoms with van der Waals surface area (Å²) in [5.41, 5.74) is -0.528. The molecule has 0 saturated carbocycles. The highest BCUT2D eigenvalue weighted by atomic mass is 32.1.